The lowest BCUT2D eigenvalue weighted by Crippen LogP contribution is -2.50. The molecule has 1 fully saturated rings. The van der Waals surface area contributed by atoms with Gasteiger partial charge >= 0.3 is 0 Å². The maximum absolute atomic E-state index is 12.0. The highest BCUT2D eigenvalue weighted by atomic mass is 16.3. The first-order valence-electron chi connectivity index (χ1n) is 7.65. The second-order valence-electron chi connectivity index (χ2n) is 5.55. The van der Waals surface area contributed by atoms with Gasteiger partial charge in [-0.3, -0.25) is 14.6 Å². The molecule has 21 heavy (non-hydrogen) atoms. The molecule has 1 aliphatic rings. The average Bonchev–Trinajstić information content (AvgIpc) is 2.50. The van der Waals surface area contributed by atoms with E-state index < -0.39 is 0 Å². The van der Waals surface area contributed by atoms with Crippen LogP contribution in [0.3, 0.4) is 0 Å². The first-order chi connectivity index (χ1) is 10.2. The van der Waals surface area contributed by atoms with Crippen molar-refractivity contribution in [3.63, 3.8) is 0 Å². The Balaban J connectivity index is 1.70. The number of aliphatic hydroxyl groups is 1. The number of para-hydroxylation sites is 1. The van der Waals surface area contributed by atoms with Gasteiger partial charge in [0.25, 0.3) is 0 Å². The second kappa shape index (κ2) is 8.12. The number of carbonyl (C=O) groups is 1. The molecule has 1 heterocycles. The zero-order chi connectivity index (χ0) is 15.1. The summed E-state index contributed by atoms with van der Waals surface area (Å²) >= 11 is 0. The molecule has 1 aromatic carbocycles. The van der Waals surface area contributed by atoms with Crippen LogP contribution >= 0.6 is 0 Å². The van der Waals surface area contributed by atoms with Gasteiger partial charge in [0.1, 0.15) is 0 Å². The topological polar surface area (TPSA) is 55.8 Å². The van der Waals surface area contributed by atoms with Gasteiger partial charge in [0.15, 0.2) is 0 Å². The fourth-order valence-electron chi connectivity index (χ4n) is 2.48. The first kappa shape index (κ1) is 15.9. The standard InChI is InChI=1S/C16H25N3O2/c1-2-15(20)12-18-8-10-19(11-9-18)13-16(21)17-14-6-4-3-5-7-14/h3-7,15,20H,2,8-13H2,1H3,(H,17,21). The van der Waals surface area contributed by atoms with Crippen molar-refractivity contribution in [2.24, 2.45) is 0 Å². The van der Waals surface area contributed by atoms with E-state index in [0.717, 1.165) is 44.8 Å². The Labute approximate surface area is 126 Å². The van der Waals surface area contributed by atoms with Crippen molar-refractivity contribution in [1.82, 2.24) is 9.80 Å². The van der Waals surface area contributed by atoms with Gasteiger partial charge in [-0.05, 0) is 18.6 Å². The fourth-order valence-corrected chi connectivity index (χ4v) is 2.48. The van der Waals surface area contributed by atoms with E-state index in [-0.39, 0.29) is 12.0 Å². The second-order valence-corrected chi connectivity index (χ2v) is 5.55. The van der Waals surface area contributed by atoms with E-state index in [2.05, 4.69) is 15.1 Å². The Bertz CT molecular complexity index is 430. The zero-order valence-electron chi connectivity index (χ0n) is 12.7. The number of aliphatic hydroxyl groups excluding tert-OH is 1. The molecule has 0 bridgehead atoms. The lowest BCUT2D eigenvalue weighted by Gasteiger charge is -2.35. The number of anilines is 1. The number of amides is 1. The summed E-state index contributed by atoms with van der Waals surface area (Å²) in [6, 6.07) is 9.53. The highest BCUT2D eigenvalue weighted by Gasteiger charge is 2.20. The molecule has 116 valence electrons. The Morgan fingerprint density at radius 3 is 2.43 bits per heavy atom. The van der Waals surface area contributed by atoms with Crippen LogP contribution in [0.15, 0.2) is 30.3 Å². The smallest absolute Gasteiger partial charge is 0.238 e. The van der Waals surface area contributed by atoms with Crippen LogP contribution in [0.5, 0.6) is 0 Å². The summed E-state index contributed by atoms with van der Waals surface area (Å²) in [5.74, 6) is 0.0308. The highest BCUT2D eigenvalue weighted by Crippen LogP contribution is 2.07. The van der Waals surface area contributed by atoms with Gasteiger partial charge in [0.2, 0.25) is 5.91 Å². The summed E-state index contributed by atoms with van der Waals surface area (Å²) in [6.07, 6.45) is 0.553. The van der Waals surface area contributed by atoms with Crippen LogP contribution in [-0.4, -0.2) is 66.2 Å². The largest absolute Gasteiger partial charge is 0.392 e. The van der Waals surface area contributed by atoms with E-state index in [1.54, 1.807) is 0 Å². The number of hydrogen-bond donors (Lipinski definition) is 2. The van der Waals surface area contributed by atoms with Crippen molar-refractivity contribution in [2.45, 2.75) is 19.4 Å². The number of nitrogens with one attached hydrogen (secondary N) is 1. The number of benzene rings is 1. The zero-order valence-corrected chi connectivity index (χ0v) is 12.7. The molecule has 5 heteroatoms. The molecular weight excluding hydrogens is 266 g/mol. The maximum Gasteiger partial charge on any atom is 0.238 e. The molecular formula is C16H25N3O2. The van der Waals surface area contributed by atoms with Gasteiger partial charge in [0.05, 0.1) is 12.6 Å². The number of rotatable bonds is 6. The molecule has 1 atom stereocenters. The minimum Gasteiger partial charge on any atom is -0.392 e. The molecule has 5 nitrogen and oxygen atoms in total. The summed E-state index contributed by atoms with van der Waals surface area (Å²) in [5.41, 5.74) is 0.840. The van der Waals surface area contributed by atoms with Crippen molar-refractivity contribution in [1.29, 1.82) is 0 Å². The van der Waals surface area contributed by atoms with E-state index in [1.807, 2.05) is 37.3 Å². The summed E-state index contributed by atoms with van der Waals surface area (Å²) < 4.78 is 0. The number of hydrogen-bond acceptors (Lipinski definition) is 4. The van der Waals surface area contributed by atoms with Crippen LogP contribution in [0.25, 0.3) is 0 Å². The average molecular weight is 291 g/mol. The number of nitrogens with zero attached hydrogens (tertiary/aromatic N) is 2. The summed E-state index contributed by atoms with van der Waals surface area (Å²) in [4.78, 5) is 16.4. The van der Waals surface area contributed by atoms with E-state index in [1.165, 1.54) is 0 Å². The molecule has 0 aliphatic carbocycles. The van der Waals surface area contributed by atoms with Crippen LogP contribution in [0.2, 0.25) is 0 Å². The number of carbonyl (C=O) groups excluding carboxylic acids is 1. The summed E-state index contributed by atoms with van der Waals surface area (Å²) in [7, 11) is 0. The van der Waals surface area contributed by atoms with Crippen molar-refractivity contribution in [3.8, 4) is 0 Å². The van der Waals surface area contributed by atoms with Crippen molar-refractivity contribution in [3.05, 3.63) is 30.3 Å². The fraction of sp³-hybridized carbons (Fsp3) is 0.562. The van der Waals surface area contributed by atoms with E-state index in [0.29, 0.717) is 6.54 Å². The third-order valence-electron chi connectivity index (χ3n) is 3.83. The van der Waals surface area contributed by atoms with Crippen molar-refractivity contribution >= 4 is 11.6 Å². The van der Waals surface area contributed by atoms with E-state index in [9.17, 15) is 9.90 Å². The molecule has 0 spiro atoms. The molecule has 2 rings (SSSR count). The van der Waals surface area contributed by atoms with Gasteiger partial charge in [0, 0.05) is 38.4 Å². The SMILES string of the molecule is CCC(O)CN1CCN(CC(=O)Nc2ccccc2)CC1. The van der Waals surface area contributed by atoms with Crippen LogP contribution in [0.1, 0.15) is 13.3 Å². The van der Waals surface area contributed by atoms with Crippen LogP contribution in [-0.2, 0) is 4.79 Å². The summed E-state index contributed by atoms with van der Waals surface area (Å²) in [5, 5.41) is 12.6. The Morgan fingerprint density at radius 1 is 1.19 bits per heavy atom. The molecule has 0 saturated carbocycles. The van der Waals surface area contributed by atoms with Gasteiger partial charge in [-0.2, -0.15) is 0 Å². The maximum atomic E-state index is 12.0. The van der Waals surface area contributed by atoms with E-state index in [4.69, 9.17) is 0 Å². The third kappa shape index (κ3) is 5.46. The van der Waals surface area contributed by atoms with Gasteiger partial charge < -0.3 is 10.4 Å². The van der Waals surface area contributed by atoms with E-state index >= 15 is 0 Å². The van der Waals surface area contributed by atoms with Gasteiger partial charge in [-0.1, -0.05) is 25.1 Å². The number of piperazine rings is 1. The molecule has 1 aromatic rings. The number of β-amino-alcohol motifs (C(OH)–C–C–N with tert-alkyl or cyclic N) is 1. The quantitative estimate of drug-likeness (QED) is 0.821. The van der Waals surface area contributed by atoms with Crippen LogP contribution in [0, 0.1) is 0 Å². The van der Waals surface area contributed by atoms with Gasteiger partial charge in [-0.25, -0.2) is 0 Å². The molecule has 1 amide bonds. The Hall–Kier alpha value is -1.43. The lowest BCUT2D eigenvalue weighted by atomic mass is 10.2. The molecule has 0 radical (unpaired) electrons. The predicted molar refractivity (Wildman–Crippen MR) is 84.2 cm³/mol. The Morgan fingerprint density at radius 2 is 1.81 bits per heavy atom. The minimum atomic E-state index is -0.238. The van der Waals surface area contributed by atoms with Crippen molar-refractivity contribution < 1.29 is 9.90 Å². The molecule has 2 N–H and O–H groups in total. The lowest BCUT2D eigenvalue weighted by molar-refractivity contribution is -0.117. The Kier molecular flexibility index (Phi) is 6.17. The predicted octanol–water partition coefficient (Wildman–Crippen LogP) is 1.01. The van der Waals surface area contributed by atoms with Crippen molar-refractivity contribution in [2.75, 3.05) is 44.6 Å². The molecule has 1 unspecified atom stereocenters. The van der Waals surface area contributed by atoms with Crippen LogP contribution in [0.4, 0.5) is 5.69 Å². The highest BCUT2D eigenvalue weighted by molar-refractivity contribution is 5.92. The van der Waals surface area contributed by atoms with Crippen LogP contribution < -0.4 is 5.32 Å². The molecule has 0 aromatic heterocycles. The summed E-state index contributed by atoms with van der Waals surface area (Å²) in [6.45, 7) is 6.73. The normalized spacial score (nSPS) is 18.4. The monoisotopic (exact) mass is 291 g/mol. The third-order valence-corrected chi connectivity index (χ3v) is 3.83. The first-order valence-corrected chi connectivity index (χ1v) is 7.65. The molecule has 1 aliphatic heterocycles. The van der Waals surface area contributed by atoms with Gasteiger partial charge in [-0.15, -0.1) is 0 Å². The molecule has 1 saturated heterocycles. The minimum absolute atomic E-state index is 0.0308.